The van der Waals surface area contributed by atoms with Crippen LogP contribution in [0.4, 0.5) is 0 Å². The van der Waals surface area contributed by atoms with Crippen molar-refractivity contribution in [2.75, 3.05) is 0 Å². The molecule has 0 unspecified atom stereocenters. The summed E-state index contributed by atoms with van der Waals surface area (Å²) in [4.78, 5) is 0. The van der Waals surface area contributed by atoms with E-state index in [-0.39, 0.29) is 0 Å². The van der Waals surface area contributed by atoms with Crippen LogP contribution >= 0.6 is 0 Å². The summed E-state index contributed by atoms with van der Waals surface area (Å²) in [6, 6.07) is 12.0. The molecule has 1 rings (SSSR count). The monoisotopic (exact) mass is 207 g/mol. The Morgan fingerprint density at radius 3 is 0.667 bits per heavy atom. The average Bonchev–Trinajstić information content (AvgIpc) is 2.24. The van der Waals surface area contributed by atoms with Crippen molar-refractivity contribution in [1.82, 2.24) is 0 Å². The number of aliphatic hydroxyl groups is 3. The first-order chi connectivity index (χ1) is 7.24. The fraction of sp³-hybridized carbons (Fsp3) is 0. The van der Waals surface area contributed by atoms with Crippen molar-refractivity contribution in [1.29, 1.82) is 15.8 Å². The van der Waals surface area contributed by atoms with Crippen LogP contribution in [0.25, 0.3) is 0 Å². The molecule has 0 saturated heterocycles. The molecule has 0 saturated carbocycles. The summed E-state index contributed by atoms with van der Waals surface area (Å²) in [6.45, 7) is 0. The Labute approximate surface area is 87.1 Å². The zero-order chi connectivity index (χ0) is 12.4. The van der Waals surface area contributed by atoms with Gasteiger partial charge >= 0.3 is 0 Å². The molecule has 0 aliphatic rings. The van der Waals surface area contributed by atoms with Gasteiger partial charge in [0.15, 0.2) is 0 Å². The molecule has 78 valence electrons. The van der Waals surface area contributed by atoms with Gasteiger partial charge in [0.05, 0.1) is 0 Å². The molecule has 0 aliphatic heterocycles. The van der Waals surface area contributed by atoms with Crippen LogP contribution in [-0.4, -0.2) is 15.3 Å². The van der Waals surface area contributed by atoms with Crippen LogP contribution in [0.3, 0.4) is 0 Å². The Bertz CT molecular complexity index is 253. The third kappa shape index (κ3) is 96.0. The quantitative estimate of drug-likeness (QED) is 0.547. The number of nitrogens with zero attached hydrogens (tertiary/aromatic N) is 3. The number of benzene rings is 1. The molecule has 0 amide bonds. The van der Waals surface area contributed by atoms with E-state index >= 15 is 0 Å². The molecule has 1 aromatic carbocycles. The lowest BCUT2D eigenvalue weighted by molar-refractivity contribution is 0.502. The SMILES string of the molecule is N#CO.N#CO.N#CO.c1ccccc1. The summed E-state index contributed by atoms with van der Waals surface area (Å²) < 4.78 is 0. The van der Waals surface area contributed by atoms with E-state index in [9.17, 15) is 0 Å². The van der Waals surface area contributed by atoms with Crippen molar-refractivity contribution in [3.63, 3.8) is 0 Å². The van der Waals surface area contributed by atoms with E-state index in [0.717, 1.165) is 18.8 Å². The smallest absolute Gasteiger partial charge is 0.283 e. The molecule has 0 radical (unpaired) electrons. The minimum Gasteiger partial charge on any atom is -0.443 e. The zero-order valence-corrected chi connectivity index (χ0v) is 7.65. The molecule has 0 heterocycles. The van der Waals surface area contributed by atoms with Crippen molar-refractivity contribution in [2.45, 2.75) is 0 Å². The highest BCUT2D eigenvalue weighted by Crippen LogP contribution is 1.79. The molecule has 0 spiro atoms. The first kappa shape index (κ1) is 18.0. The molecule has 0 aliphatic carbocycles. The van der Waals surface area contributed by atoms with E-state index in [4.69, 9.17) is 31.1 Å². The number of nitriles is 3. The Balaban J connectivity index is -0.000000140. The molecule has 3 N–H and O–H groups in total. The predicted molar refractivity (Wildman–Crippen MR) is 49.1 cm³/mol. The van der Waals surface area contributed by atoms with Crippen molar-refractivity contribution < 1.29 is 15.3 Å². The Morgan fingerprint density at radius 2 is 0.600 bits per heavy atom. The minimum atomic E-state index is 0.750. The molecule has 15 heavy (non-hydrogen) atoms. The zero-order valence-electron chi connectivity index (χ0n) is 7.65. The summed E-state index contributed by atoms with van der Waals surface area (Å²) in [6.07, 6.45) is 2.25. The summed E-state index contributed by atoms with van der Waals surface area (Å²) in [7, 11) is 0. The molecular formula is C9H9N3O3. The number of hydrogen-bond donors (Lipinski definition) is 3. The van der Waals surface area contributed by atoms with Gasteiger partial charge in [-0.05, 0) is 0 Å². The predicted octanol–water partition coefficient (Wildman–Crippen LogP) is 1.21. The lowest BCUT2D eigenvalue weighted by Gasteiger charge is -1.69. The lowest BCUT2D eigenvalue weighted by atomic mass is 10.4. The summed E-state index contributed by atoms with van der Waals surface area (Å²) in [5, 5.41) is 41.2. The summed E-state index contributed by atoms with van der Waals surface area (Å²) in [5.74, 6) is 0. The van der Waals surface area contributed by atoms with E-state index in [0.29, 0.717) is 0 Å². The van der Waals surface area contributed by atoms with Crippen molar-refractivity contribution >= 4 is 0 Å². The lowest BCUT2D eigenvalue weighted by Crippen LogP contribution is -1.47. The molecule has 1 aromatic rings. The first-order valence-corrected chi connectivity index (χ1v) is 3.34. The molecular weight excluding hydrogens is 198 g/mol. The van der Waals surface area contributed by atoms with Gasteiger partial charge < -0.3 is 15.3 Å². The highest BCUT2D eigenvalue weighted by Gasteiger charge is 1.57. The van der Waals surface area contributed by atoms with Crippen LogP contribution in [0.15, 0.2) is 36.4 Å². The summed E-state index contributed by atoms with van der Waals surface area (Å²) >= 11 is 0. The van der Waals surface area contributed by atoms with Gasteiger partial charge in [-0.25, -0.2) is 0 Å². The second-order valence-corrected chi connectivity index (χ2v) is 1.45. The van der Waals surface area contributed by atoms with Crippen molar-refractivity contribution in [3.05, 3.63) is 36.4 Å². The third-order valence-corrected chi connectivity index (χ3v) is 0.667. The van der Waals surface area contributed by atoms with Crippen LogP contribution < -0.4 is 0 Å². The van der Waals surface area contributed by atoms with E-state index in [2.05, 4.69) is 0 Å². The highest BCUT2D eigenvalue weighted by atomic mass is 16.2. The van der Waals surface area contributed by atoms with E-state index < -0.39 is 0 Å². The molecule has 0 aromatic heterocycles. The van der Waals surface area contributed by atoms with Crippen molar-refractivity contribution in [2.24, 2.45) is 0 Å². The maximum atomic E-state index is 6.88. The first-order valence-electron chi connectivity index (χ1n) is 3.34. The van der Waals surface area contributed by atoms with Gasteiger partial charge in [-0.15, -0.1) is 0 Å². The minimum absolute atomic E-state index is 0.750. The van der Waals surface area contributed by atoms with Gasteiger partial charge in [0.1, 0.15) is 0 Å². The molecule has 6 nitrogen and oxygen atoms in total. The number of rotatable bonds is 0. The fourth-order valence-corrected chi connectivity index (χ4v) is 0.385. The highest BCUT2D eigenvalue weighted by molar-refractivity contribution is 4.99. The van der Waals surface area contributed by atoms with E-state index in [1.807, 2.05) is 36.4 Å². The second-order valence-electron chi connectivity index (χ2n) is 1.45. The molecule has 0 fully saturated rings. The van der Waals surface area contributed by atoms with Crippen LogP contribution in [0, 0.1) is 34.6 Å². The maximum Gasteiger partial charge on any atom is 0.283 e. The van der Waals surface area contributed by atoms with E-state index in [1.54, 1.807) is 0 Å². The Morgan fingerprint density at radius 1 is 0.533 bits per heavy atom. The van der Waals surface area contributed by atoms with Gasteiger partial charge in [-0.1, -0.05) is 36.4 Å². The van der Waals surface area contributed by atoms with Crippen LogP contribution in [0.5, 0.6) is 0 Å². The largest absolute Gasteiger partial charge is 0.443 e. The second kappa shape index (κ2) is 30.4. The fourth-order valence-electron chi connectivity index (χ4n) is 0.385. The number of hydrogen-bond acceptors (Lipinski definition) is 6. The Kier molecular flexibility index (Phi) is 36.5. The van der Waals surface area contributed by atoms with Crippen molar-refractivity contribution in [3.8, 4) is 18.8 Å². The summed E-state index contributed by atoms with van der Waals surface area (Å²) in [5.41, 5.74) is 0. The standard InChI is InChI=1S/C6H6.3CHNO/c1-2-4-6-5-3-1;3*2-1-3/h1-6H;3*3H. The van der Waals surface area contributed by atoms with Crippen LogP contribution in [-0.2, 0) is 0 Å². The third-order valence-electron chi connectivity index (χ3n) is 0.667. The number of aliphatic hydroxyl groups excluding tert-OH is 3. The molecule has 0 atom stereocenters. The van der Waals surface area contributed by atoms with Crippen LogP contribution in [0.2, 0.25) is 0 Å². The van der Waals surface area contributed by atoms with Gasteiger partial charge in [0.2, 0.25) is 0 Å². The van der Waals surface area contributed by atoms with E-state index in [1.165, 1.54) is 0 Å². The molecule has 6 heteroatoms. The average molecular weight is 207 g/mol. The van der Waals surface area contributed by atoms with Crippen LogP contribution in [0.1, 0.15) is 0 Å². The van der Waals surface area contributed by atoms with Gasteiger partial charge in [0.25, 0.3) is 18.8 Å². The molecule has 0 bridgehead atoms. The normalized spacial score (nSPS) is 4.60. The Hall–Kier alpha value is -2.91. The maximum absolute atomic E-state index is 6.88. The van der Waals surface area contributed by atoms with Gasteiger partial charge in [-0.3, -0.25) is 0 Å². The van der Waals surface area contributed by atoms with Gasteiger partial charge in [0, 0.05) is 0 Å². The topological polar surface area (TPSA) is 132 Å². The van der Waals surface area contributed by atoms with Gasteiger partial charge in [-0.2, -0.15) is 15.8 Å².